The Bertz CT molecular complexity index is 1010. The Kier molecular flexibility index (Phi) is 4.88. The third-order valence-corrected chi connectivity index (χ3v) is 5.77. The molecule has 0 radical (unpaired) electrons. The van der Waals surface area contributed by atoms with Crippen LogP contribution in [0.2, 0.25) is 0 Å². The van der Waals surface area contributed by atoms with Gasteiger partial charge in [0, 0.05) is 48.6 Å². The highest BCUT2D eigenvalue weighted by Gasteiger charge is 2.22. The molecule has 140 valence electrons. The van der Waals surface area contributed by atoms with E-state index in [4.69, 9.17) is 0 Å². The van der Waals surface area contributed by atoms with E-state index in [1.807, 2.05) is 20.0 Å². The van der Waals surface area contributed by atoms with E-state index in [1.165, 1.54) is 12.1 Å². The van der Waals surface area contributed by atoms with Crippen molar-refractivity contribution in [2.45, 2.75) is 39.3 Å². The monoisotopic (exact) mass is 384 g/mol. The van der Waals surface area contributed by atoms with E-state index in [0.29, 0.717) is 6.54 Å². The Hall–Kier alpha value is -2.38. The Labute approximate surface area is 160 Å². The van der Waals surface area contributed by atoms with Crippen molar-refractivity contribution in [2.24, 2.45) is 0 Å². The molecule has 3 aromatic rings. The first kappa shape index (κ1) is 18.0. The molecule has 2 aromatic heterocycles. The highest BCUT2D eigenvalue weighted by molar-refractivity contribution is 7.15. The van der Waals surface area contributed by atoms with Crippen LogP contribution in [0.25, 0.3) is 10.6 Å². The SMILES string of the molecule is CC(C)c1nc2c(c(=O)[nH]1)CN(Cc1cnc(-c3ccc(F)cc3)s1)CC2. The molecule has 27 heavy (non-hydrogen) atoms. The van der Waals surface area contributed by atoms with Crippen molar-refractivity contribution in [3.05, 3.63) is 68.6 Å². The van der Waals surface area contributed by atoms with Crippen LogP contribution < -0.4 is 5.56 Å². The lowest BCUT2D eigenvalue weighted by molar-refractivity contribution is 0.243. The summed E-state index contributed by atoms with van der Waals surface area (Å²) in [5.74, 6) is 0.726. The molecule has 5 nitrogen and oxygen atoms in total. The average Bonchev–Trinajstić information content (AvgIpc) is 3.11. The zero-order valence-electron chi connectivity index (χ0n) is 15.3. The number of nitrogens with zero attached hydrogens (tertiary/aromatic N) is 3. The number of nitrogens with one attached hydrogen (secondary N) is 1. The van der Waals surface area contributed by atoms with E-state index in [1.54, 1.807) is 23.5 Å². The number of benzene rings is 1. The number of fused-ring (bicyclic) bond motifs is 1. The second kappa shape index (κ2) is 7.32. The van der Waals surface area contributed by atoms with E-state index < -0.39 is 0 Å². The molecule has 1 aliphatic rings. The standard InChI is InChI=1S/C20H21FN4OS/c1-12(2)18-23-17-7-8-25(11-16(17)19(26)24-18)10-15-9-22-20(27-15)13-3-5-14(21)6-4-13/h3-6,9,12H,7-8,10-11H2,1-2H3,(H,23,24,26). The van der Waals surface area contributed by atoms with E-state index in [-0.39, 0.29) is 17.3 Å². The van der Waals surface area contributed by atoms with Crippen LogP contribution in [0.15, 0.2) is 35.3 Å². The average molecular weight is 384 g/mol. The third kappa shape index (κ3) is 3.84. The molecule has 0 bridgehead atoms. The Morgan fingerprint density at radius 3 is 2.81 bits per heavy atom. The Morgan fingerprint density at radius 1 is 1.30 bits per heavy atom. The molecule has 1 aromatic carbocycles. The normalized spacial score (nSPS) is 14.5. The van der Waals surface area contributed by atoms with Crippen LogP contribution in [-0.2, 0) is 19.5 Å². The largest absolute Gasteiger partial charge is 0.310 e. The highest BCUT2D eigenvalue weighted by Crippen LogP contribution is 2.27. The number of rotatable bonds is 4. The first-order valence-electron chi connectivity index (χ1n) is 9.04. The van der Waals surface area contributed by atoms with Crippen LogP contribution >= 0.6 is 11.3 Å². The summed E-state index contributed by atoms with van der Waals surface area (Å²) in [6.45, 7) is 6.26. The van der Waals surface area contributed by atoms with Crippen LogP contribution in [0.5, 0.6) is 0 Å². The zero-order chi connectivity index (χ0) is 19.0. The first-order valence-corrected chi connectivity index (χ1v) is 9.86. The van der Waals surface area contributed by atoms with E-state index in [9.17, 15) is 9.18 Å². The molecule has 3 heterocycles. The van der Waals surface area contributed by atoms with Crippen LogP contribution in [0.1, 0.15) is 41.7 Å². The lowest BCUT2D eigenvalue weighted by atomic mass is 10.1. The smallest absolute Gasteiger partial charge is 0.255 e. The Balaban J connectivity index is 1.49. The van der Waals surface area contributed by atoms with Crippen molar-refractivity contribution < 1.29 is 4.39 Å². The predicted molar refractivity (Wildman–Crippen MR) is 104 cm³/mol. The van der Waals surface area contributed by atoms with Crippen molar-refractivity contribution in [3.8, 4) is 10.6 Å². The molecule has 0 aliphatic carbocycles. The van der Waals surface area contributed by atoms with Crippen molar-refractivity contribution in [1.29, 1.82) is 0 Å². The van der Waals surface area contributed by atoms with Gasteiger partial charge in [-0.2, -0.15) is 0 Å². The number of thiazole rings is 1. The summed E-state index contributed by atoms with van der Waals surface area (Å²) in [6, 6.07) is 6.38. The van der Waals surface area contributed by atoms with Gasteiger partial charge in [0.25, 0.3) is 5.56 Å². The summed E-state index contributed by atoms with van der Waals surface area (Å²) in [5, 5.41) is 0.878. The topological polar surface area (TPSA) is 61.9 Å². The van der Waals surface area contributed by atoms with Gasteiger partial charge >= 0.3 is 0 Å². The minimum Gasteiger partial charge on any atom is -0.310 e. The summed E-state index contributed by atoms with van der Waals surface area (Å²) >= 11 is 1.60. The lowest BCUT2D eigenvalue weighted by Gasteiger charge is -2.27. The van der Waals surface area contributed by atoms with Crippen LogP contribution in [0.3, 0.4) is 0 Å². The van der Waals surface area contributed by atoms with Crippen molar-refractivity contribution >= 4 is 11.3 Å². The molecule has 7 heteroatoms. The van der Waals surface area contributed by atoms with Gasteiger partial charge in [-0.1, -0.05) is 13.8 Å². The Morgan fingerprint density at radius 2 is 2.07 bits per heavy atom. The van der Waals surface area contributed by atoms with Gasteiger partial charge < -0.3 is 4.98 Å². The molecule has 4 rings (SSSR count). The van der Waals surface area contributed by atoms with Gasteiger partial charge in [-0.05, 0) is 24.3 Å². The van der Waals surface area contributed by atoms with Gasteiger partial charge in [-0.25, -0.2) is 14.4 Å². The second-order valence-electron chi connectivity index (χ2n) is 7.13. The molecule has 0 saturated heterocycles. The number of halogens is 1. The lowest BCUT2D eigenvalue weighted by Crippen LogP contribution is -2.35. The molecule has 0 saturated carbocycles. The molecule has 1 N–H and O–H groups in total. The van der Waals surface area contributed by atoms with Gasteiger partial charge in [0.05, 0.1) is 11.3 Å². The fraction of sp³-hybridized carbons (Fsp3) is 0.350. The van der Waals surface area contributed by atoms with Crippen molar-refractivity contribution in [1.82, 2.24) is 19.9 Å². The van der Waals surface area contributed by atoms with E-state index in [0.717, 1.165) is 52.0 Å². The van der Waals surface area contributed by atoms with Crippen molar-refractivity contribution in [3.63, 3.8) is 0 Å². The summed E-state index contributed by atoms with van der Waals surface area (Å²) < 4.78 is 13.1. The number of hydrogen-bond acceptors (Lipinski definition) is 5. The predicted octanol–water partition coefficient (Wildman–Crippen LogP) is 3.71. The first-order chi connectivity index (χ1) is 13.0. The second-order valence-corrected chi connectivity index (χ2v) is 8.25. The van der Waals surface area contributed by atoms with Gasteiger partial charge in [-0.15, -0.1) is 11.3 Å². The number of H-pyrrole nitrogens is 1. The highest BCUT2D eigenvalue weighted by atomic mass is 32.1. The molecular weight excluding hydrogens is 363 g/mol. The number of aromatic nitrogens is 3. The third-order valence-electron chi connectivity index (χ3n) is 4.74. The molecular formula is C20H21FN4OS. The summed E-state index contributed by atoms with van der Waals surface area (Å²) in [7, 11) is 0. The summed E-state index contributed by atoms with van der Waals surface area (Å²) in [4.78, 5) is 27.8. The molecule has 0 fully saturated rings. The summed E-state index contributed by atoms with van der Waals surface area (Å²) in [5.41, 5.74) is 2.59. The van der Waals surface area contributed by atoms with Gasteiger partial charge in [0.1, 0.15) is 16.6 Å². The van der Waals surface area contributed by atoms with E-state index in [2.05, 4.69) is 19.9 Å². The number of hydrogen-bond donors (Lipinski definition) is 1. The molecule has 0 spiro atoms. The fourth-order valence-electron chi connectivity index (χ4n) is 3.24. The minimum absolute atomic E-state index is 0.0234. The number of aromatic amines is 1. The zero-order valence-corrected chi connectivity index (χ0v) is 16.1. The maximum atomic E-state index is 13.1. The van der Waals surface area contributed by atoms with Crippen LogP contribution in [0.4, 0.5) is 4.39 Å². The van der Waals surface area contributed by atoms with Gasteiger partial charge in [-0.3, -0.25) is 9.69 Å². The molecule has 0 amide bonds. The maximum absolute atomic E-state index is 13.1. The maximum Gasteiger partial charge on any atom is 0.255 e. The van der Waals surface area contributed by atoms with Crippen LogP contribution in [0, 0.1) is 5.82 Å². The van der Waals surface area contributed by atoms with Crippen LogP contribution in [-0.4, -0.2) is 26.4 Å². The minimum atomic E-state index is -0.248. The van der Waals surface area contributed by atoms with Gasteiger partial charge in [0.2, 0.25) is 0 Å². The molecule has 0 unspecified atom stereocenters. The summed E-state index contributed by atoms with van der Waals surface area (Å²) in [6.07, 6.45) is 2.64. The fourth-order valence-corrected chi connectivity index (χ4v) is 4.20. The molecule has 0 atom stereocenters. The van der Waals surface area contributed by atoms with Crippen molar-refractivity contribution in [2.75, 3.05) is 6.54 Å². The van der Waals surface area contributed by atoms with E-state index >= 15 is 0 Å². The quantitative estimate of drug-likeness (QED) is 0.745. The van der Waals surface area contributed by atoms with Gasteiger partial charge in [0.15, 0.2) is 0 Å². The molecule has 1 aliphatic heterocycles.